The number of aryl methyl sites for hydroxylation is 2. The van der Waals surface area contributed by atoms with Crippen LogP contribution in [-0.2, 0) is 0 Å². The Hall–Kier alpha value is -3.18. The monoisotopic (exact) mass is 436 g/mol. The van der Waals surface area contributed by atoms with E-state index in [1.54, 1.807) is 25.1 Å². The normalized spacial score (nSPS) is 12.2. The summed E-state index contributed by atoms with van der Waals surface area (Å²) in [6, 6.07) is 13.3. The van der Waals surface area contributed by atoms with E-state index in [9.17, 15) is 9.18 Å². The van der Waals surface area contributed by atoms with Crippen LogP contribution < -0.4 is 10.7 Å². The molecule has 31 heavy (non-hydrogen) atoms. The third kappa shape index (κ3) is 4.06. The number of hydrogen-bond donors (Lipinski definition) is 1. The van der Waals surface area contributed by atoms with Crippen LogP contribution in [0.2, 0.25) is 5.15 Å². The highest BCUT2D eigenvalue weighted by Gasteiger charge is 2.19. The van der Waals surface area contributed by atoms with E-state index in [-0.39, 0.29) is 17.3 Å². The van der Waals surface area contributed by atoms with Gasteiger partial charge in [-0.1, -0.05) is 29.8 Å². The van der Waals surface area contributed by atoms with E-state index in [0.29, 0.717) is 33.0 Å². The molecule has 1 atom stereocenters. The van der Waals surface area contributed by atoms with E-state index in [0.717, 1.165) is 22.5 Å². The van der Waals surface area contributed by atoms with Crippen molar-refractivity contribution in [2.45, 2.75) is 33.7 Å². The molecule has 0 saturated carbocycles. The van der Waals surface area contributed by atoms with Crippen molar-refractivity contribution < 1.29 is 8.81 Å². The van der Waals surface area contributed by atoms with E-state index >= 15 is 0 Å². The molecule has 2 heterocycles. The maximum Gasteiger partial charge on any atom is 0.196 e. The first-order valence-corrected chi connectivity index (χ1v) is 10.4. The third-order valence-electron chi connectivity index (χ3n) is 5.37. The molecule has 0 bridgehead atoms. The predicted octanol–water partition coefficient (Wildman–Crippen LogP) is 6.75. The number of nitrogens with one attached hydrogen (secondary N) is 1. The first-order chi connectivity index (χ1) is 14.7. The summed E-state index contributed by atoms with van der Waals surface area (Å²) in [5.41, 5.74) is 4.74. The van der Waals surface area contributed by atoms with Crippen LogP contribution in [0.5, 0.6) is 0 Å². The van der Waals surface area contributed by atoms with E-state index in [2.05, 4.69) is 10.3 Å². The molecule has 2 aromatic carbocycles. The largest absolute Gasteiger partial charge is 0.455 e. The molecule has 0 saturated heterocycles. The summed E-state index contributed by atoms with van der Waals surface area (Å²) in [6.45, 7) is 7.52. The Kier molecular flexibility index (Phi) is 5.54. The molecule has 0 amide bonds. The van der Waals surface area contributed by atoms with E-state index in [1.165, 1.54) is 12.1 Å². The SMILES string of the molecule is Cc1cc([C@@H](C)Nc2ccc(Cl)nc2C)c2oc(-c3cccc(F)c3)c(C)c(=O)c2c1. The van der Waals surface area contributed by atoms with Crippen LogP contribution >= 0.6 is 11.6 Å². The number of rotatable bonds is 4. The minimum atomic E-state index is -0.385. The van der Waals surface area contributed by atoms with Gasteiger partial charge in [-0.2, -0.15) is 0 Å². The molecule has 4 aromatic rings. The predicted molar refractivity (Wildman–Crippen MR) is 123 cm³/mol. The molecular weight excluding hydrogens is 415 g/mol. The average molecular weight is 437 g/mol. The zero-order valence-corrected chi connectivity index (χ0v) is 18.5. The van der Waals surface area contributed by atoms with Crippen molar-refractivity contribution in [1.29, 1.82) is 0 Å². The fourth-order valence-corrected chi connectivity index (χ4v) is 3.98. The summed E-state index contributed by atoms with van der Waals surface area (Å²) >= 11 is 5.97. The average Bonchev–Trinajstić information content (AvgIpc) is 2.72. The maximum atomic E-state index is 13.8. The molecule has 0 radical (unpaired) electrons. The topological polar surface area (TPSA) is 55.1 Å². The first kappa shape index (κ1) is 21.1. The van der Waals surface area contributed by atoms with Gasteiger partial charge in [-0.25, -0.2) is 9.37 Å². The Bertz CT molecular complexity index is 1360. The van der Waals surface area contributed by atoms with Gasteiger partial charge in [0.2, 0.25) is 0 Å². The third-order valence-corrected chi connectivity index (χ3v) is 5.58. The van der Waals surface area contributed by atoms with Gasteiger partial charge in [0.25, 0.3) is 0 Å². The van der Waals surface area contributed by atoms with Crippen molar-refractivity contribution in [3.05, 3.63) is 92.1 Å². The molecule has 158 valence electrons. The highest BCUT2D eigenvalue weighted by atomic mass is 35.5. The van der Waals surface area contributed by atoms with Crippen LogP contribution in [0.1, 0.15) is 35.3 Å². The summed E-state index contributed by atoms with van der Waals surface area (Å²) in [6.07, 6.45) is 0. The number of halogens is 2. The number of benzene rings is 2. The minimum Gasteiger partial charge on any atom is -0.455 e. The number of hydrogen-bond acceptors (Lipinski definition) is 4. The van der Waals surface area contributed by atoms with Gasteiger partial charge in [0.15, 0.2) is 5.43 Å². The van der Waals surface area contributed by atoms with Gasteiger partial charge >= 0.3 is 0 Å². The summed E-state index contributed by atoms with van der Waals surface area (Å²) in [5.74, 6) is -0.0110. The van der Waals surface area contributed by atoms with Crippen molar-refractivity contribution >= 4 is 28.3 Å². The van der Waals surface area contributed by atoms with E-state index in [1.807, 2.05) is 39.0 Å². The lowest BCUT2D eigenvalue weighted by molar-refractivity contribution is 0.601. The number of anilines is 1. The zero-order valence-electron chi connectivity index (χ0n) is 17.7. The van der Waals surface area contributed by atoms with Crippen LogP contribution in [0, 0.1) is 26.6 Å². The number of pyridine rings is 1. The Morgan fingerprint density at radius 1 is 1.10 bits per heavy atom. The molecule has 0 spiro atoms. The quantitative estimate of drug-likeness (QED) is 0.359. The van der Waals surface area contributed by atoms with Crippen LogP contribution in [0.25, 0.3) is 22.3 Å². The fraction of sp³-hybridized carbons (Fsp3) is 0.200. The summed E-state index contributed by atoms with van der Waals surface area (Å²) in [5, 5.41) is 4.37. The molecule has 0 aliphatic heterocycles. The second-order valence-corrected chi connectivity index (χ2v) is 8.15. The van der Waals surface area contributed by atoms with E-state index in [4.69, 9.17) is 16.0 Å². The Balaban J connectivity index is 1.89. The van der Waals surface area contributed by atoms with Crippen molar-refractivity contribution in [3.63, 3.8) is 0 Å². The minimum absolute atomic E-state index is 0.123. The van der Waals surface area contributed by atoms with Crippen molar-refractivity contribution in [1.82, 2.24) is 4.98 Å². The van der Waals surface area contributed by atoms with Gasteiger partial charge in [0.05, 0.1) is 22.8 Å². The Labute approximate surface area is 184 Å². The zero-order chi connectivity index (χ0) is 22.3. The molecule has 0 aliphatic carbocycles. The molecule has 2 aromatic heterocycles. The fourth-order valence-electron chi connectivity index (χ4n) is 3.79. The van der Waals surface area contributed by atoms with Gasteiger partial charge in [0.1, 0.15) is 22.3 Å². The molecule has 4 nitrogen and oxygen atoms in total. The number of aromatic nitrogens is 1. The van der Waals surface area contributed by atoms with Crippen LogP contribution in [-0.4, -0.2) is 4.98 Å². The first-order valence-electron chi connectivity index (χ1n) is 9.98. The van der Waals surface area contributed by atoms with Gasteiger partial charge in [-0.3, -0.25) is 4.79 Å². The van der Waals surface area contributed by atoms with Gasteiger partial charge < -0.3 is 9.73 Å². The Morgan fingerprint density at radius 3 is 2.58 bits per heavy atom. The van der Waals surface area contributed by atoms with Crippen LogP contribution in [0.15, 0.2) is 57.7 Å². The van der Waals surface area contributed by atoms with Crippen molar-refractivity contribution in [3.8, 4) is 11.3 Å². The van der Waals surface area contributed by atoms with Crippen molar-refractivity contribution in [2.75, 3.05) is 5.32 Å². The molecule has 1 N–H and O–H groups in total. The smallest absolute Gasteiger partial charge is 0.196 e. The lowest BCUT2D eigenvalue weighted by Crippen LogP contribution is -2.13. The van der Waals surface area contributed by atoms with Crippen molar-refractivity contribution in [2.24, 2.45) is 0 Å². The van der Waals surface area contributed by atoms with Crippen LogP contribution in [0.4, 0.5) is 10.1 Å². The molecule has 4 rings (SSSR count). The van der Waals surface area contributed by atoms with Gasteiger partial charge in [-0.15, -0.1) is 0 Å². The molecular formula is C25H22ClFN2O2. The second-order valence-electron chi connectivity index (χ2n) is 7.76. The molecule has 0 fully saturated rings. The second kappa shape index (κ2) is 8.16. The lowest BCUT2D eigenvalue weighted by atomic mass is 9.98. The van der Waals surface area contributed by atoms with Crippen LogP contribution in [0.3, 0.4) is 0 Å². The molecule has 6 heteroatoms. The highest BCUT2D eigenvalue weighted by Crippen LogP contribution is 2.32. The lowest BCUT2D eigenvalue weighted by Gasteiger charge is -2.19. The summed E-state index contributed by atoms with van der Waals surface area (Å²) in [4.78, 5) is 17.5. The summed E-state index contributed by atoms with van der Waals surface area (Å²) < 4.78 is 20.1. The maximum absolute atomic E-state index is 13.8. The number of fused-ring (bicyclic) bond motifs is 1. The molecule has 0 unspecified atom stereocenters. The summed E-state index contributed by atoms with van der Waals surface area (Å²) in [7, 11) is 0. The standard InChI is InChI=1S/C25H22ClFN2O2/c1-13-10-19(15(3)28-21-8-9-22(26)29-16(21)4)25-20(11-13)23(30)14(2)24(31-25)17-6-5-7-18(27)12-17/h5-12,15,28H,1-4H3/t15-/m1/s1. The highest BCUT2D eigenvalue weighted by molar-refractivity contribution is 6.29. The molecule has 0 aliphatic rings. The van der Waals surface area contributed by atoms with E-state index < -0.39 is 0 Å². The van der Waals surface area contributed by atoms with Gasteiger partial charge in [-0.05, 0) is 63.6 Å². The number of nitrogens with zero attached hydrogens (tertiary/aromatic N) is 1. The van der Waals surface area contributed by atoms with Gasteiger partial charge in [0, 0.05) is 16.7 Å². The Morgan fingerprint density at radius 2 is 1.87 bits per heavy atom.